The van der Waals surface area contributed by atoms with Crippen LogP contribution >= 0.6 is 12.2 Å². The largest absolute Gasteiger partial charge is 0.392 e. The lowest BCUT2D eigenvalue weighted by atomic mass is 9.97. The first-order valence-corrected chi connectivity index (χ1v) is 5.58. The minimum atomic E-state index is 0.0847. The molecule has 0 aliphatic heterocycles. The quantitative estimate of drug-likeness (QED) is 0.636. The summed E-state index contributed by atoms with van der Waals surface area (Å²) >= 11 is 4.69. The number of carbonyl (C=O) groups is 1. The van der Waals surface area contributed by atoms with E-state index in [0.29, 0.717) is 11.5 Å². The molecule has 0 aromatic rings. The Balaban J connectivity index is 3.94. The summed E-state index contributed by atoms with van der Waals surface area (Å²) in [6, 6.07) is 0. The Morgan fingerprint density at radius 1 is 1.36 bits per heavy atom. The standard InChI is InChI=1S/C10H20N2OS/c1-3-5-8(6-4-2)10(13)12-7-9(11)14/h8H,3-7H2,1-2H3,(H2,11,14)(H,12,13). The van der Waals surface area contributed by atoms with Crippen LogP contribution in [0.4, 0.5) is 0 Å². The topological polar surface area (TPSA) is 55.1 Å². The van der Waals surface area contributed by atoms with E-state index in [1.165, 1.54) is 0 Å². The van der Waals surface area contributed by atoms with Gasteiger partial charge in [-0.25, -0.2) is 0 Å². The van der Waals surface area contributed by atoms with E-state index in [2.05, 4.69) is 19.2 Å². The molecule has 0 saturated carbocycles. The van der Waals surface area contributed by atoms with Crippen LogP contribution in [0.3, 0.4) is 0 Å². The summed E-state index contributed by atoms with van der Waals surface area (Å²) in [7, 11) is 0. The molecule has 4 heteroatoms. The molecule has 0 aromatic carbocycles. The minimum Gasteiger partial charge on any atom is -0.392 e. The normalized spacial score (nSPS) is 10.2. The van der Waals surface area contributed by atoms with Crippen molar-refractivity contribution >= 4 is 23.1 Å². The van der Waals surface area contributed by atoms with Crippen LogP contribution in [-0.2, 0) is 4.79 Å². The van der Waals surface area contributed by atoms with Crippen molar-refractivity contribution in [1.29, 1.82) is 0 Å². The lowest BCUT2D eigenvalue weighted by Crippen LogP contribution is -2.36. The van der Waals surface area contributed by atoms with Gasteiger partial charge in [-0.05, 0) is 12.8 Å². The molecule has 0 unspecified atom stereocenters. The Labute approximate surface area is 91.4 Å². The van der Waals surface area contributed by atoms with Crippen molar-refractivity contribution in [2.75, 3.05) is 6.54 Å². The van der Waals surface area contributed by atoms with Crippen molar-refractivity contribution in [3.8, 4) is 0 Å². The van der Waals surface area contributed by atoms with Crippen LogP contribution in [0.2, 0.25) is 0 Å². The number of amides is 1. The Morgan fingerprint density at radius 3 is 2.21 bits per heavy atom. The van der Waals surface area contributed by atoms with Crippen molar-refractivity contribution in [2.45, 2.75) is 39.5 Å². The van der Waals surface area contributed by atoms with Gasteiger partial charge in [0.1, 0.15) is 0 Å². The third-order valence-corrected chi connectivity index (χ3v) is 2.23. The van der Waals surface area contributed by atoms with Gasteiger partial charge in [0, 0.05) is 5.92 Å². The predicted molar refractivity (Wildman–Crippen MR) is 63.1 cm³/mol. The second-order valence-corrected chi connectivity index (χ2v) is 3.98. The van der Waals surface area contributed by atoms with Crippen LogP contribution in [0.5, 0.6) is 0 Å². The molecule has 3 N–H and O–H groups in total. The van der Waals surface area contributed by atoms with E-state index in [1.807, 2.05) is 0 Å². The van der Waals surface area contributed by atoms with E-state index >= 15 is 0 Å². The number of hydrogen-bond acceptors (Lipinski definition) is 2. The Kier molecular flexibility index (Phi) is 7.38. The fourth-order valence-corrected chi connectivity index (χ4v) is 1.49. The van der Waals surface area contributed by atoms with Crippen molar-refractivity contribution in [3.05, 3.63) is 0 Å². The highest BCUT2D eigenvalue weighted by Gasteiger charge is 2.15. The molecule has 3 nitrogen and oxygen atoms in total. The maximum absolute atomic E-state index is 11.6. The van der Waals surface area contributed by atoms with E-state index < -0.39 is 0 Å². The molecule has 0 aromatic heterocycles. The summed E-state index contributed by atoms with van der Waals surface area (Å²) in [6.45, 7) is 4.49. The zero-order valence-corrected chi connectivity index (χ0v) is 9.82. The molecule has 0 aliphatic carbocycles. The molecule has 0 radical (unpaired) electrons. The SMILES string of the molecule is CCCC(CCC)C(=O)NCC(N)=S. The minimum absolute atomic E-state index is 0.0847. The smallest absolute Gasteiger partial charge is 0.223 e. The average Bonchev–Trinajstić information content (AvgIpc) is 2.14. The Bertz CT molecular complexity index is 189. The summed E-state index contributed by atoms with van der Waals surface area (Å²) in [5, 5.41) is 2.75. The van der Waals surface area contributed by atoms with Gasteiger partial charge in [-0.15, -0.1) is 0 Å². The van der Waals surface area contributed by atoms with Gasteiger partial charge < -0.3 is 11.1 Å². The highest BCUT2D eigenvalue weighted by atomic mass is 32.1. The molecule has 0 spiro atoms. The zero-order chi connectivity index (χ0) is 11.0. The van der Waals surface area contributed by atoms with Gasteiger partial charge in [0.05, 0.1) is 11.5 Å². The predicted octanol–water partition coefficient (Wildman–Crippen LogP) is 1.61. The van der Waals surface area contributed by atoms with Crippen LogP contribution in [0, 0.1) is 5.92 Å². The fourth-order valence-electron chi connectivity index (χ4n) is 1.42. The van der Waals surface area contributed by atoms with Crippen molar-refractivity contribution < 1.29 is 4.79 Å². The number of nitrogens with two attached hydrogens (primary N) is 1. The molecule has 0 saturated heterocycles. The molecular weight excluding hydrogens is 196 g/mol. The third-order valence-electron chi connectivity index (χ3n) is 2.08. The summed E-state index contributed by atoms with van der Waals surface area (Å²) in [6.07, 6.45) is 3.95. The second-order valence-electron chi connectivity index (χ2n) is 3.46. The Hall–Kier alpha value is -0.640. The van der Waals surface area contributed by atoms with E-state index in [0.717, 1.165) is 25.7 Å². The highest BCUT2D eigenvalue weighted by molar-refractivity contribution is 7.80. The zero-order valence-electron chi connectivity index (χ0n) is 9.01. The lowest BCUT2D eigenvalue weighted by Gasteiger charge is -2.14. The molecule has 82 valence electrons. The fraction of sp³-hybridized carbons (Fsp3) is 0.800. The number of rotatable bonds is 7. The number of thiocarbonyl (C=S) groups is 1. The van der Waals surface area contributed by atoms with Crippen LogP contribution in [0.15, 0.2) is 0 Å². The first-order valence-electron chi connectivity index (χ1n) is 5.17. The second kappa shape index (κ2) is 7.74. The van der Waals surface area contributed by atoms with E-state index in [1.54, 1.807) is 0 Å². The average molecular weight is 216 g/mol. The number of carbonyl (C=O) groups excluding carboxylic acids is 1. The first-order chi connectivity index (χ1) is 6.61. The van der Waals surface area contributed by atoms with E-state index in [4.69, 9.17) is 18.0 Å². The molecule has 0 atom stereocenters. The maximum Gasteiger partial charge on any atom is 0.223 e. The van der Waals surface area contributed by atoms with E-state index in [-0.39, 0.29) is 11.8 Å². The van der Waals surface area contributed by atoms with Gasteiger partial charge in [-0.1, -0.05) is 38.9 Å². The van der Waals surface area contributed by atoms with Gasteiger partial charge in [-0.3, -0.25) is 4.79 Å². The summed E-state index contributed by atoms with van der Waals surface area (Å²) in [4.78, 5) is 11.9. The van der Waals surface area contributed by atoms with Gasteiger partial charge in [0.25, 0.3) is 0 Å². The summed E-state index contributed by atoms with van der Waals surface area (Å²) in [5.41, 5.74) is 5.31. The van der Waals surface area contributed by atoms with Gasteiger partial charge in [0.2, 0.25) is 5.91 Å². The molecule has 1 amide bonds. The van der Waals surface area contributed by atoms with Crippen LogP contribution < -0.4 is 11.1 Å². The number of hydrogen-bond donors (Lipinski definition) is 2. The molecule has 14 heavy (non-hydrogen) atoms. The lowest BCUT2D eigenvalue weighted by molar-refractivity contribution is -0.125. The van der Waals surface area contributed by atoms with Gasteiger partial charge in [0.15, 0.2) is 0 Å². The maximum atomic E-state index is 11.6. The molecular formula is C10H20N2OS. The van der Waals surface area contributed by atoms with Gasteiger partial charge in [-0.2, -0.15) is 0 Å². The van der Waals surface area contributed by atoms with Crippen molar-refractivity contribution in [2.24, 2.45) is 11.7 Å². The van der Waals surface area contributed by atoms with E-state index in [9.17, 15) is 4.79 Å². The van der Waals surface area contributed by atoms with Crippen LogP contribution in [-0.4, -0.2) is 17.4 Å². The highest BCUT2D eigenvalue weighted by Crippen LogP contribution is 2.13. The molecule has 0 bridgehead atoms. The molecule has 0 rings (SSSR count). The van der Waals surface area contributed by atoms with Crippen LogP contribution in [0.25, 0.3) is 0 Å². The van der Waals surface area contributed by atoms with Crippen molar-refractivity contribution in [1.82, 2.24) is 5.32 Å². The van der Waals surface area contributed by atoms with Gasteiger partial charge >= 0.3 is 0 Å². The number of nitrogens with one attached hydrogen (secondary N) is 1. The molecule has 0 fully saturated rings. The van der Waals surface area contributed by atoms with Crippen LogP contribution in [0.1, 0.15) is 39.5 Å². The first kappa shape index (κ1) is 13.4. The molecule has 0 heterocycles. The third kappa shape index (κ3) is 5.91. The van der Waals surface area contributed by atoms with Crippen molar-refractivity contribution in [3.63, 3.8) is 0 Å². The molecule has 0 aliphatic rings. The summed E-state index contributed by atoms with van der Waals surface area (Å²) in [5.74, 6) is 0.209. The Morgan fingerprint density at radius 2 is 1.86 bits per heavy atom. The monoisotopic (exact) mass is 216 g/mol. The summed E-state index contributed by atoms with van der Waals surface area (Å²) < 4.78 is 0.